The largest absolute Gasteiger partial charge is 0.484 e. The number of hydrogen-bond acceptors (Lipinski definition) is 2. The molecule has 1 aliphatic rings. The van der Waals surface area contributed by atoms with Crippen molar-refractivity contribution in [2.75, 3.05) is 39.3 Å². The highest BCUT2D eigenvalue weighted by Gasteiger charge is 2.22. The lowest BCUT2D eigenvalue weighted by atomic mass is 10.1. The quantitative estimate of drug-likeness (QED) is 0.805. The van der Waals surface area contributed by atoms with Crippen LogP contribution in [0.15, 0.2) is 30.9 Å². The van der Waals surface area contributed by atoms with Gasteiger partial charge in [-0.1, -0.05) is 12.6 Å². The van der Waals surface area contributed by atoms with E-state index >= 15 is 0 Å². The highest BCUT2D eigenvalue weighted by molar-refractivity contribution is 5.77. The Hall–Kier alpha value is -1.81. The molecular formula is C17H25N2O2+. The Balaban J connectivity index is 1.79. The molecule has 0 saturated carbocycles. The van der Waals surface area contributed by atoms with Crippen molar-refractivity contribution in [2.45, 2.75) is 13.8 Å². The van der Waals surface area contributed by atoms with Gasteiger partial charge in [0.25, 0.3) is 5.91 Å². The van der Waals surface area contributed by atoms with E-state index in [1.54, 1.807) is 0 Å². The van der Waals surface area contributed by atoms with Crippen LogP contribution in [0.4, 0.5) is 0 Å². The third-order valence-corrected chi connectivity index (χ3v) is 4.10. The van der Waals surface area contributed by atoms with Crippen molar-refractivity contribution in [3.63, 3.8) is 0 Å². The molecule has 114 valence electrons. The Morgan fingerprint density at radius 2 is 2.05 bits per heavy atom. The summed E-state index contributed by atoms with van der Waals surface area (Å²) < 4.78 is 5.62. The Kier molecular flexibility index (Phi) is 5.39. The highest BCUT2D eigenvalue weighted by Crippen LogP contribution is 2.16. The van der Waals surface area contributed by atoms with E-state index < -0.39 is 0 Å². The minimum Gasteiger partial charge on any atom is -0.484 e. The van der Waals surface area contributed by atoms with Crippen LogP contribution in [0.5, 0.6) is 5.75 Å². The summed E-state index contributed by atoms with van der Waals surface area (Å²) in [5.41, 5.74) is 2.41. The molecule has 0 bridgehead atoms. The van der Waals surface area contributed by atoms with Gasteiger partial charge in [-0.05, 0) is 43.2 Å². The third kappa shape index (κ3) is 4.33. The normalized spacial score (nSPS) is 15.8. The summed E-state index contributed by atoms with van der Waals surface area (Å²) in [5, 5.41) is 0. The summed E-state index contributed by atoms with van der Waals surface area (Å²) in [6.07, 6.45) is 1.94. The predicted octanol–water partition coefficient (Wildman–Crippen LogP) is 0.595. The Morgan fingerprint density at radius 3 is 2.67 bits per heavy atom. The van der Waals surface area contributed by atoms with Crippen molar-refractivity contribution in [3.05, 3.63) is 42.0 Å². The van der Waals surface area contributed by atoms with Crippen LogP contribution in [-0.2, 0) is 4.79 Å². The van der Waals surface area contributed by atoms with Gasteiger partial charge in [0.15, 0.2) is 6.61 Å². The maximum absolute atomic E-state index is 12.2. The van der Waals surface area contributed by atoms with Crippen LogP contribution >= 0.6 is 0 Å². The highest BCUT2D eigenvalue weighted by atomic mass is 16.5. The van der Waals surface area contributed by atoms with Crippen LogP contribution in [-0.4, -0.2) is 50.1 Å². The number of aryl methyl sites for hydroxylation is 2. The average Bonchev–Trinajstić information content (AvgIpc) is 2.49. The lowest BCUT2D eigenvalue weighted by Gasteiger charge is -2.31. The number of nitrogens with one attached hydrogen (secondary N) is 1. The molecule has 1 N–H and O–H groups in total. The lowest BCUT2D eigenvalue weighted by molar-refractivity contribution is -0.898. The van der Waals surface area contributed by atoms with Crippen molar-refractivity contribution < 1.29 is 14.4 Å². The third-order valence-electron chi connectivity index (χ3n) is 4.10. The maximum atomic E-state index is 12.2. The standard InChI is InChI=1S/C17H24N2O2/c1-4-7-18-8-10-19(11-9-18)17(20)13-21-16-6-5-14(2)15(3)12-16/h4-6,12H,1,7-11,13H2,2-3H3/p+1. The molecule has 21 heavy (non-hydrogen) atoms. The number of amides is 1. The molecule has 1 amide bonds. The zero-order valence-corrected chi connectivity index (χ0v) is 13.0. The van der Waals surface area contributed by atoms with Gasteiger partial charge >= 0.3 is 0 Å². The second-order valence-corrected chi connectivity index (χ2v) is 5.66. The fourth-order valence-corrected chi connectivity index (χ4v) is 2.52. The molecule has 1 aliphatic heterocycles. The van der Waals surface area contributed by atoms with Crippen molar-refractivity contribution in [2.24, 2.45) is 0 Å². The van der Waals surface area contributed by atoms with E-state index in [0.717, 1.165) is 38.5 Å². The average molecular weight is 289 g/mol. The van der Waals surface area contributed by atoms with Crippen LogP contribution < -0.4 is 9.64 Å². The molecular weight excluding hydrogens is 264 g/mol. The van der Waals surface area contributed by atoms with Crippen LogP contribution in [0.25, 0.3) is 0 Å². The molecule has 0 aromatic heterocycles. The molecule has 4 heteroatoms. The number of rotatable bonds is 5. The molecule has 0 atom stereocenters. The van der Waals surface area contributed by atoms with E-state index in [0.29, 0.717) is 0 Å². The zero-order chi connectivity index (χ0) is 15.2. The molecule has 0 aliphatic carbocycles. The Bertz CT molecular complexity index is 506. The fraction of sp³-hybridized carbons (Fsp3) is 0.471. The van der Waals surface area contributed by atoms with Gasteiger partial charge < -0.3 is 14.5 Å². The fourth-order valence-electron chi connectivity index (χ4n) is 2.52. The number of hydrogen-bond donors (Lipinski definition) is 1. The number of carbonyl (C=O) groups excluding carboxylic acids is 1. The molecule has 1 aromatic rings. The summed E-state index contributed by atoms with van der Waals surface area (Å²) in [6.45, 7) is 12.6. The minimum atomic E-state index is 0.0749. The first-order valence-corrected chi connectivity index (χ1v) is 7.52. The van der Waals surface area contributed by atoms with Gasteiger partial charge in [-0.25, -0.2) is 0 Å². The van der Waals surface area contributed by atoms with Gasteiger partial charge in [0.05, 0.1) is 32.7 Å². The first-order valence-electron chi connectivity index (χ1n) is 7.52. The summed E-state index contributed by atoms with van der Waals surface area (Å²) >= 11 is 0. The number of quaternary nitrogens is 1. The van der Waals surface area contributed by atoms with E-state index in [1.807, 2.05) is 36.1 Å². The minimum absolute atomic E-state index is 0.0749. The van der Waals surface area contributed by atoms with Crippen molar-refractivity contribution in [3.8, 4) is 5.75 Å². The number of piperazine rings is 1. The first-order chi connectivity index (χ1) is 10.1. The maximum Gasteiger partial charge on any atom is 0.260 e. The number of ether oxygens (including phenoxy) is 1. The Morgan fingerprint density at radius 1 is 1.33 bits per heavy atom. The number of carbonyl (C=O) groups is 1. The SMILES string of the molecule is C=CC[NH+]1CCN(C(=O)COc2ccc(C)c(C)c2)CC1. The van der Waals surface area contributed by atoms with Crippen LogP contribution in [0.3, 0.4) is 0 Å². The van der Waals surface area contributed by atoms with Crippen molar-refractivity contribution >= 4 is 5.91 Å². The Labute approximate surface area is 127 Å². The van der Waals surface area contributed by atoms with E-state index in [4.69, 9.17) is 4.74 Å². The molecule has 0 spiro atoms. The molecule has 2 rings (SSSR count). The van der Waals surface area contributed by atoms with Gasteiger partial charge in [-0.2, -0.15) is 0 Å². The topological polar surface area (TPSA) is 34.0 Å². The molecule has 0 unspecified atom stereocenters. The van der Waals surface area contributed by atoms with E-state index in [1.165, 1.54) is 16.0 Å². The predicted molar refractivity (Wildman–Crippen MR) is 83.8 cm³/mol. The van der Waals surface area contributed by atoms with E-state index in [-0.39, 0.29) is 12.5 Å². The van der Waals surface area contributed by atoms with Crippen molar-refractivity contribution in [1.29, 1.82) is 0 Å². The van der Waals surface area contributed by atoms with E-state index in [2.05, 4.69) is 13.5 Å². The monoisotopic (exact) mass is 289 g/mol. The molecule has 1 fully saturated rings. The van der Waals surface area contributed by atoms with Crippen LogP contribution in [0.2, 0.25) is 0 Å². The molecule has 4 nitrogen and oxygen atoms in total. The molecule has 1 aromatic carbocycles. The van der Waals surface area contributed by atoms with Gasteiger partial charge in [-0.3, -0.25) is 4.79 Å². The summed E-state index contributed by atoms with van der Waals surface area (Å²) in [6, 6.07) is 5.92. The second kappa shape index (κ2) is 7.27. The number of nitrogens with zero attached hydrogens (tertiary/aromatic N) is 1. The van der Waals surface area contributed by atoms with Crippen LogP contribution in [0.1, 0.15) is 11.1 Å². The summed E-state index contributed by atoms with van der Waals surface area (Å²) in [4.78, 5) is 15.5. The van der Waals surface area contributed by atoms with E-state index in [9.17, 15) is 4.79 Å². The molecule has 0 radical (unpaired) electrons. The summed E-state index contributed by atoms with van der Waals surface area (Å²) in [5.74, 6) is 0.841. The van der Waals surface area contributed by atoms with Gasteiger partial charge in [-0.15, -0.1) is 0 Å². The van der Waals surface area contributed by atoms with Gasteiger partial charge in [0.2, 0.25) is 0 Å². The number of benzene rings is 1. The first kappa shape index (κ1) is 15.6. The second-order valence-electron chi connectivity index (χ2n) is 5.66. The van der Waals surface area contributed by atoms with Gasteiger partial charge in [0.1, 0.15) is 5.75 Å². The van der Waals surface area contributed by atoms with Crippen molar-refractivity contribution in [1.82, 2.24) is 4.90 Å². The smallest absolute Gasteiger partial charge is 0.260 e. The zero-order valence-electron chi connectivity index (χ0n) is 13.0. The molecule has 1 saturated heterocycles. The molecule has 1 heterocycles. The van der Waals surface area contributed by atoms with Crippen LogP contribution in [0, 0.1) is 13.8 Å². The van der Waals surface area contributed by atoms with Gasteiger partial charge in [0, 0.05) is 0 Å². The lowest BCUT2D eigenvalue weighted by Crippen LogP contribution is -3.14. The summed E-state index contributed by atoms with van der Waals surface area (Å²) in [7, 11) is 0.